The lowest BCUT2D eigenvalue weighted by molar-refractivity contribution is -0.123. The third-order valence-electron chi connectivity index (χ3n) is 3.73. The fourth-order valence-corrected chi connectivity index (χ4v) is 2.38. The number of carbonyl (C=O) groups excluding carboxylic acids is 1. The van der Waals surface area contributed by atoms with Crippen molar-refractivity contribution in [3.05, 3.63) is 35.9 Å². The first-order valence-electron chi connectivity index (χ1n) is 7.53. The SMILES string of the molecule is CCC(C(=O)NCC(C)(C)CCCN)c1ccccc1. The molecule has 0 bridgehead atoms. The number of amides is 1. The summed E-state index contributed by atoms with van der Waals surface area (Å²) in [5.74, 6) is 0.0704. The van der Waals surface area contributed by atoms with Crippen LogP contribution in [0.25, 0.3) is 0 Å². The molecule has 1 aromatic carbocycles. The van der Waals surface area contributed by atoms with Crippen LogP contribution < -0.4 is 11.1 Å². The molecule has 0 aliphatic rings. The summed E-state index contributed by atoms with van der Waals surface area (Å²) < 4.78 is 0. The molecule has 112 valence electrons. The second-order valence-corrected chi connectivity index (χ2v) is 6.15. The number of hydrogen-bond donors (Lipinski definition) is 2. The Morgan fingerprint density at radius 1 is 1.30 bits per heavy atom. The number of nitrogens with one attached hydrogen (secondary N) is 1. The Hall–Kier alpha value is -1.35. The van der Waals surface area contributed by atoms with Crippen molar-refractivity contribution in [3.63, 3.8) is 0 Å². The van der Waals surface area contributed by atoms with Crippen molar-refractivity contribution >= 4 is 5.91 Å². The van der Waals surface area contributed by atoms with Gasteiger partial charge in [-0.3, -0.25) is 4.79 Å². The zero-order valence-electron chi connectivity index (χ0n) is 13.0. The van der Waals surface area contributed by atoms with Gasteiger partial charge in [0, 0.05) is 6.54 Å². The summed E-state index contributed by atoms with van der Waals surface area (Å²) in [6.07, 6.45) is 2.85. The molecule has 0 fully saturated rings. The van der Waals surface area contributed by atoms with Crippen LogP contribution in [0.3, 0.4) is 0 Å². The molecule has 0 radical (unpaired) electrons. The highest BCUT2D eigenvalue weighted by Gasteiger charge is 2.22. The van der Waals surface area contributed by atoms with Gasteiger partial charge in [0.2, 0.25) is 5.91 Å². The average Bonchev–Trinajstić information content (AvgIpc) is 2.45. The Labute approximate surface area is 122 Å². The fourth-order valence-electron chi connectivity index (χ4n) is 2.38. The van der Waals surface area contributed by atoms with Gasteiger partial charge in [0.25, 0.3) is 0 Å². The van der Waals surface area contributed by atoms with Gasteiger partial charge in [0.15, 0.2) is 0 Å². The lowest BCUT2D eigenvalue weighted by atomic mass is 9.87. The van der Waals surface area contributed by atoms with Gasteiger partial charge in [-0.1, -0.05) is 51.1 Å². The highest BCUT2D eigenvalue weighted by molar-refractivity contribution is 5.83. The van der Waals surface area contributed by atoms with E-state index in [9.17, 15) is 4.79 Å². The van der Waals surface area contributed by atoms with E-state index in [0.717, 1.165) is 24.8 Å². The van der Waals surface area contributed by atoms with E-state index in [2.05, 4.69) is 26.1 Å². The number of hydrogen-bond acceptors (Lipinski definition) is 2. The van der Waals surface area contributed by atoms with Crippen LogP contribution in [0.15, 0.2) is 30.3 Å². The summed E-state index contributed by atoms with van der Waals surface area (Å²) in [5, 5.41) is 3.10. The Balaban J connectivity index is 2.56. The molecular weight excluding hydrogens is 248 g/mol. The molecule has 3 heteroatoms. The Kier molecular flexibility index (Phi) is 6.73. The summed E-state index contributed by atoms with van der Waals surface area (Å²) in [5.41, 5.74) is 6.74. The Morgan fingerprint density at radius 3 is 2.50 bits per heavy atom. The maximum absolute atomic E-state index is 12.4. The van der Waals surface area contributed by atoms with Gasteiger partial charge < -0.3 is 11.1 Å². The smallest absolute Gasteiger partial charge is 0.227 e. The molecule has 0 aliphatic heterocycles. The van der Waals surface area contributed by atoms with E-state index in [1.54, 1.807) is 0 Å². The third-order valence-corrected chi connectivity index (χ3v) is 3.73. The lowest BCUT2D eigenvalue weighted by Crippen LogP contribution is -2.37. The molecule has 0 heterocycles. The van der Waals surface area contributed by atoms with E-state index in [0.29, 0.717) is 13.1 Å². The predicted octanol–water partition coefficient (Wildman–Crippen LogP) is 3.06. The highest BCUT2D eigenvalue weighted by Crippen LogP contribution is 2.23. The standard InChI is InChI=1S/C17H28N2O/c1-4-15(14-9-6-5-7-10-14)16(20)19-13-17(2,3)11-8-12-18/h5-7,9-10,15H,4,8,11-13,18H2,1-3H3,(H,19,20). The minimum atomic E-state index is -0.0542. The van der Waals surface area contributed by atoms with Crippen LogP contribution in [0.2, 0.25) is 0 Å². The topological polar surface area (TPSA) is 55.1 Å². The number of rotatable bonds is 8. The maximum Gasteiger partial charge on any atom is 0.227 e. The van der Waals surface area contributed by atoms with Crippen molar-refractivity contribution in [1.29, 1.82) is 0 Å². The summed E-state index contributed by atoms with van der Waals surface area (Å²) in [6, 6.07) is 9.98. The van der Waals surface area contributed by atoms with Crippen molar-refractivity contribution < 1.29 is 4.79 Å². The normalized spacial score (nSPS) is 13.0. The number of benzene rings is 1. The predicted molar refractivity (Wildman–Crippen MR) is 84.6 cm³/mol. The summed E-state index contributed by atoms with van der Waals surface area (Å²) in [6.45, 7) is 7.81. The lowest BCUT2D eigenvalue weighted by Gasteiger charge is -2.26. The Bertz CT molecular complexity index is 401. The largest absolute Gasteiger partial charge is 0.355 e. The summed E-state index contributed by atoms with van der Waals surface area (Å²) >= 11 is 0. The molecule has 1 amide bonds. The zero-order valence-corrected chi connectivity index (χ0v) is 13.0. The molecule has 0 saturated carbocycles. The molecule has 0 aliphatic carbocycles. The number of carbonyl (C=O) groups is 1. The molecule has 1 unspecified atom stereocenters. The summed E-state index contributed by atoms with van der Waals surface area (Å²) in [4.78, 5) is 12.4. The van der Waals surface area contributed by atoms with Crippen molar-refractivity contribution in [3.8, 4) is 0 Å². The van der Waals surface area contributed by atoms with Crippen molar-refractivity contribution in [2.75, 3.05) is 13.1 Å². The van der Waals surface area contributed by atoms with Crippen molar-refractivity contribution in [1.82, 2.24) is 5.32 Å². The van der Waals surface area contributed by atoms with Crippen LogP contribution in [0.4, 0.5) is 0 Å². The van der Waals surface area contributed by atoms with Crippen LogP contribution in [-0.4, -0.2) is 19.0 Å². The van der Waals surface area contributed by atoms with E-state index in [4.69, 9.17) is 5.73 Å². The second kappa shape index (κ2) is 8.05. The highest BCUT2D eigenvalue weighted by atomic mass is 16.1. The van der Waals surface area contributed by atoms with Crippen LogP contribution in [0, 0.1) is 5.41 Å². The van der Waals surface area contributed by atoms with Gasteiger partial charge in [-0.25, -0.2) is 0 Å². The first-order chi connectivity index (χ1) is 9.50. The first kappa shape index (κ1) is 16.7. The van der Waals surface area contributed by atoms with Gasteiger partial charge in [-0.15, -0.1) is 0 Å². The van der Waals surface area contributed by atoms with Crippen LogP contribution in [0.5, 0.6) is 0 Å². The van der Waals surface area contributed by atoms with Crippen LogP contribution >= 0.6 is 0 Å². The maximum atomic E-state index is 12.4. The van der Waals surface area contributed by atoms with Gasteiger partial charge >= 0.3 is 0 Å². The quantitative estimate of drug-likeness (QED) is 0.766. The molecule has 1 aromatic rings. The summed E-state index contributed by atoms with van der Waals surface area (Å²) in [7, 11) is 0. The van der Waals surface area contributed by atoms with Gasteiger partial charge in [0.05, 0.1) is 5.92 Å². The molecule has 3 nitrogen and oxygen atoms in total. The molecule has 1 atom stereocenters. The van der Waals surface area contributed by atoms with E-state index in [1.165, 1.54) is 0 Å². The number of nitrogens with two attached hydrogens (primary N) is 1. The van der Waals surface area contributed by atoms with Crippen molar-refractivity contribution in [2.24, 2.45) is 11.1 Å². The van der Waals surface area contributed by atoms with Crippen LogP contribution in [0.1, 0.15) is 51.5 Å². The third kappa shape index (κ3) is 5.33. The van der Waals surface area contributed by atoms with E-state index in [-0.39, 0.29) is 17.2 Å². The van der Waals surface area contributed by atoms with E-state index >= 15 is 0 Å². The zero-order chi connectivity index (χ0) is 15.0. The van der Waals surface area contributed by atoms with Gasteiger partial charge in [-0.05, 0) is 36.8 Å². The molecule has 0 aromatic heterocycles. The molecule has 1 rings (SSSR count). The van der Waals surface area contributed by atoms with E-state index < -0.39 is 0 Å². The molecule has 0 spiro atoms. The monoisotopic (exact) mass is 276 g/mol. The minimum absolute atomic E-state index is 0.0542. The Morgan fingerprint density at radius 2 is 1.95 bits per heavy atom. The first-order valence-corrected chi connectivity index (χ1v) is 7.53. The molecule has 20 heavy (non-hydrogen) atoms. The fraction of sp³-hybridized carbons (Fsp3) is 0.588. The second-order valence-electron chi connectivity index (χ2n) is 6.15. The minimum Gasteiger partial charge on any atom is -0.355 e. The van der Waals surface area contributed by atoms with E-state index in [1.807, 2.05) is 30.3 Å². The molecular formula is C17H28N2O. The average molecular weight is 276 g/mol. The van der Waals surface area contributed by atoms with Gasteiger partial charge in [-0.2, -0.15) is 0 Å². The van der Waals surface area contributed by atoms with Crippen LogP contribution in [-0.2, 0) is 4.79 Å². The molecule has 0 saturated heterocycles. The van der Waals surface area contributed by atoms with Gasteiger partial charge in [0.1, 0.15) is 0 Å². The van der Waals surface area contributed by atoms with Crippen molar-refractivity contribution in [2.45, 2.75) is 46.0 Å². The molecule has 3 N–H and O–H groups in total.